The highest BCUT2D eigenvalue weighted by atomic mass is 35.5. The summed E-state index contributed by atoms with van der Waals surface area (Å²) in [5, 5.41) is 3.69. The first-order valence-electron chi connectivity index (χ1n) is 5.64. The second-order valence-corrected chi connectivity index (χ2v) is 5.12. The molecule has 1 N–H and O–H groups in total. The Bertz CT molecular complexity index is 159. The Balaban J connectivity index is 1.66. The number of alkyl halides is 1. The summed E-state index contributed by atoms with van der Waals surface area (Å²) in [7, 11) is 0. The third kappa shape index (κ3) is 2.60. The van der Waals surface area contributed by atoms with E-state index in [9.17, 15) is 0 Å². The van der Waals surface area contributed by atoms with E-state index in [2.05, 4.69) is 5.32 Å². The maximum atomic E-state index is 5.93. The number of rotatable bonds is 4. The molecule has 0 unspecified atom stereocenters. The van der Waals surface area contributed by atoms with Crippen LogP contribution in [0.5, 0.6) is 0 Å². The topological polar surface area (TPSA) is 12.0 Å². The van der Waals surface area contributed by atoms with Gasteiger partial charge in [0.1, 0.15) is 0 Å². The summed E-state index contributed by atoms with van der Waals surface area (Å²) in [6.07, 6.45) is 9.75. The molecule has 2 aliphatic carbocycles. The fourth-order valence-corrected chi connectivity index (χ4v) is 2.56. The molecule has 0 radical (unpaired) electrons. The molecular formula is C11H20ClN. The van der Waals surface area contributed by atoms with Gasteiger partial charge in [0.05, 0.1) is 0 Å². The Morgan fingerprint density at radius 3 is 2.38 bits per heavy atom. The standard InChI is InChI=1S/C11H20ClN/c12-8-11(6-7-11)9-13-10-4-2-1-3-5-10/h10,13H,1-9H2. The van der Waals surface area contributed by atoms with Gasteiger partial charge in [-0.15, -0.1) is 11.6 Å². The molecule has 0 bridgehead atoms. The predicted octanol–water partition coefficient (Wildman–Crippen LogP) is 2.93. The average Bonchev–Trinajstić information content (AvgIpc) is 2.97. The van der Waals surface area contributed by atoms with Gasteiger partial charge in [0.2, 0.25) is 0 Å². The summed E-state index contributed by atoms with van der Waals surface area (Å²) in [6, 6.07) is 0.800. The van der Waals surface area contributed by atoms with Crippen molar-refractivity contribution >= 4 is 11.6 Å². The summed E-state index contributed by atoms with van der Waals surface area (Å²) in [5.41, 5.74) is 0.499. The molecule has 2 heteroatoms. The molecule has 0 heterocycles. The Morgan fingerprint density at radius 1 is 1.15 bits per heavy atom. The SMILES string of the molecule is ClCC1(CNC2CCCCC2)CC1. The van der Waals surface area contributed by atoms with Crippen LogP contribution in [-0.4, -0.2) is 18.5 Å². The molecule has 1 nitrogen and oxygen atoms in total. The van der Waals surface area contributed by atoms with Crippen molar-refractivity contribution < 1.29 is 0 Å². The van der Waals surface area contributed by atoms with Crippen LogP contribution in [0, 0.1) is 5.41 Å². The molecule has 2 fully saturated rings. The van der Waals surface area contributed by atoms with Crippen LogP contribution in [0.2, 0.25) is 0 Å². The van der Waals surface area contributed by atoms with Crippen LogP contribution >= 0.6 is 11.6 Å². The third-order valence-electron chi connectivity index (χ3n) is 3.61. The van der Waals surface area contributed by atoms with Crippen molar-refractivity contribution in [2.75, 3.05) is 12.4 Å². The minimum atomic E-state index is 0.499. The fourth-order valence-electron chi connectivity index (χ4n) is 2.20. The second kappa shape index (κ2) is 4.18. The molecule has 0 aromatic carbocycles. The summed E-state index contributed by atoms with van der Waals surface area (Å²) < 4.78 is 0. The van der Waals surface area contributed by atoms with E-state index in [1.807, 2.05) is 0 Å². The van der Waals surface area contributed by atoms with Gasteiger partial charge >= 0.3 is 0 Å². The van der Waals surface area contributed by atoms with Crippen LogP contribution < -0.4 is 5.32 Å². The zero-order valence-electron chi connectivity index (χ0n) is 8.32. The highest BCUT2D eigenvalue weighted by Crippen LogP contribution is 2.46. The smallest absolute Gasteiger partial charge is 0.0292 e. The van der Waals surface area contributed by atoms with E-state index in [4.69, 9.17) is 11.6 Å². The molecule has 0 amide bonds. The summed E-state index contributed by atoms with van der Waals surface area (Å²) >= 11 is 5.93. The first kappa shape index (κ1) is 9.79. The molecule has 0 atom stereocenters. The van der Waals surface area contributed by atoms with E-state index in [1.54, 1.807) is 0 Å². The lowest BCUT2D eigenvalue weighted by atomic mass is 9.95. The van der Waals surface area contributed by atoms with Gasteiger partial charge in [0.15, 0.2) is 0 Å². The number of nitrogens with one attached hydrogen (secondary N) is 1. The molecule has 0 aliphatic heterocycles. The maximum absolute atomic E-state index is 5.93. The van der Waals surface area contributed by atoms with Crippen LogP contribution in [0.15, 0.2) is 0 Å². The Labute approximate surface area is 86.2 Å². The highest BCUT2D eigenvalue weighted by Gasteiger charge is 2.41. The number of halogens is 1. The van der Waals surface area contributed by atoms with Gasteiger partial charge in [-0.3, -0.25) is 0 Å². The van der Waals surface area contributed by atoms with E-state index in [1.165, 1.54) is 51.5 Å². The van der Waals surface area contributed by atoms with Gasteiger partial charge in [-0.05, 0) is 31.1 Å². The van der Waals surface area contributed by atoms with Gasteiger partial charge in [-0.25, -0.2) is 0 Å². The number of hydrogen-bond acceptors (Lipinski definition) is 1. The summed E-state index contributed by atoms with van der Waals surface area (Å²) in [4.78, 5) is 0. The van der Waals surface area contributed by atoms with E-state index in [0.717, 1.165) is 11.9 Å². The van der Waals surface area contributed by atoms with E-state index in [0.29, 0.717) is 5.41 Å². The monoisotopic (exact) mass is 201 g/mol. The molecular weight excluding hydrogens is 182 g/mol. The van der Waals surface area contributed by atoms with Crippen LogP contribution in [-0.2, 0) is 0 Å². The molecule has 2 rings (SSSR count). The van der Waals surface area contributed by atoms with Crippen LogP contribution in [0.4, 0.5) is 0 Å². The van der Waals surface area contributed by atoms with Gasteiger partial charge in [0.25, 0.3) is 0 Å². The van der Waals surface area contributed by atoms with Crippen LogP contribution in [0.25, 0.3) is 0 Å². The van der Waals surface area contributed by atoms with Crippen LogP contribution in [0.1, 0.15) is 44.9 Å². The Hall–Kier alpha value is 0.250. The number of hydrogen-bond donors (Lipinski definition) is 1. The van der Waals surface area contributed by atoms with Crippen molar-refractivity contribution in [2.45, 2.75) is 51.0 Å². The lowest BCUT2D eigenvalue weighted by Crippen LogP contribution is -2.36. The van der Waals surface area contributed by atoms with Crippen molar-refractivity contribution in [2.24, 2.45) is 5.41 Å². The summed E-state index contributed by atoms with van der Waals surface area (Å²) in [6.45, 7) is 1.17. The molecule has 0 aromatic rings. The first-order chi connectivity index (χ1) is 6.35. The zero-order chi connectivity index (χ0) is 9.15. The normalized spacial score (nSPS) is 27.5. The fraction of sp³-hybridized carbons (Fsp3) is 1.00. The molecule has 2 saturated carbocycles. The molecule has 0 spiro atoms. The minimum absolute atomic E-state index is 0.499. The first-order valence-corrected chi connectivity index (χ1v) is 6.17. The Morgan fingerprint density at radius 2 is 1.85 bits per heavy atom. The van der Waals surface area contributed by atoms with Crippen molar-refractivity contribution in [3.05, 3.63) is 0 Å². The summed E-state index contributed by atoms with van der Waals surface area (Å²) in [5.74, 6) is 0.854. The van der Waals surface area contributed by atoms with Gasteiger partial charge < -0.3 is 5.32 Å². The van der Waals surface area contributed by atoms with Gasteiger partial charge in [-0.2, -0.15) is 0 Å². The molecule has 0 aromatic heterocycles. The second-order valence-electron chi connectivity index (χ2n) is 4.85. The van der Waals surface area contributed by atoms with Crippen molar-refractivity contribution in [3.63, 3.8) is 0 Å². The maximum Gasteiger partial charge on any atom is 0.0292 e. The van der Waals surface area contributed by atoms with Gasteiger partial charge in [0, 0.05) is 18.5 Å². The van der Waals surface area contributed by atoms with Gasteiger partial charge in [-0.1, -0.05) is 19.3 Å². The van der Waals surface area contributed by atoms with Crippen molar-refractivity contribution in [1.82, 2.24) is 5.32 Å². The largest absolute Gasteiger partial charge is 0.313 e. The molecule has 2 aliphatic rings. The lowest BCUT2D eigenvalue weighted by molar-refractivity contribution is 0.348. The average molecular weight is 202 g/mol. The Kier molecular flexibility index (Phi) is 3.15. The quantitative estimate of drug-likeness (QED) is 0.690. The molecule has 76 valence electrons. The van der Waals surface area contributed by atoms with E-state index < -0.39 is 0 Å². The predicted molar refractivity (Wildman–Crippen MR) is 57.3 cm³/mol. The minimum Gasteiger partial charge on any atom is -0.313 e. The van der Waals surface area contributed by atoms with Crippen LogP contribution in [0.3, 0.4) is 0 Å². The van der Waals surface area contributed by atoms with E-state index >= 15 is 0 Å². The zero-order valence-corrected chi connectivity index (χ0v) is 9.08. The lowest BCUT2D eigenvalue weighted by Gasteiger charge is -2.25. The van der Waals surface area contributed by atoms with E-state index in [-0.39, 0.29) is 0 Å². The highest BCUT2D eigenvalue weighted by molar-refractivity contribution is 6.18. The van der Waals surface area contributed by atoms with Crippen molar-refractivity contribution in [1.29, 1.82) is 0 Å². The molecule has 0 saturated heterocycles. The third-order valence-corrected chi connectivity index (χ3v) is 4.18. The molecule has 13 heavy (non-hydrogen) atoms. The van der Waals surface area contributed by atoms with Crippen molar-refractivity contribution in [3.8, 4) is 0 Å².